The van der Waals surface area contributed by atoms with Gasteiger partial charge in [0.1, 0.15) is 11.8 Å². The highest BCUT2D eigenvalue weighted by atomic mass is 16.7. The van der Waals surface area contributed by atoms with Gasteiger partial charge in [-0.15, -0.1) is 0 Å². The fraction of sp³-hybridized carbons (Fsp3) is 0.158. The van der Waals surface area contributed by atoms with Crippen LogP contribution in [0.4, 0.5) is 5.69 Å². The summed E-state index contributed by atoms with van der Waals surface area (Å²) >= 11 is 0. The number of pyridine rings is 1. The summed E-state index contributed by atoms with van der Waals surface area (Å²) in [4.78, 5) is 4.34. The molecule has 4 rings (SSSR count). The normalized spacial score (nSPS) is 12.0. The first-order valence-electron chi connectivity index (χ1n) is 7.78. The number of methoxy groups -OCH3 is 1. The Morgan fingerprint density at radius 3 is 2.92 bits per heavy atom. The number of hydrogen-bond donors (Lipinski definition) is 1. The number of benzene rings is 2. The van der Waals surface area contributed by atoms with Crippen molar-refractivity contribution in [2.45, 2.75) is 6.54 Å². The van der Waals surface area contributed by atoms with E-state index in [1.807, 2.05) is 36.4 Å². The highest BCUT2D eigenvalue weighted by Crippen LogP contribution is 2.33. The molecule has 0 spiro atoms. The number of nitrogens with zero attached hydrogens (tertiary/aromatic N) is 2. The largest absolute Gasteiger partial charge is 0.497 e. The summed E-state index contributed by atoms with van der Waals surface area (Å²) in [6.07, 6.45) is 1.58. The van der Waals surface area contributed by atoms with E-state index in [0.717, 1.165) is 39.4 Å². The van der Waals surface area contributed by atoms with E-state index in [4.69, 9.17) is 14.2 Å². The topological polar surface area (TPSA) is 76.4 Å². The second kappa shape index (κ2) is 6.21. The average molecular weight is 333 g/mol. The summed E-state index contributed by atoms with van der Waals surface area (Å²) < 4.78 is 16.0. The van der Waals surface area contributed by atoms with Crippen LogP contribution in [0, 0.1) is 11.3 Å². The molecule has 124 valence electrons. The van der Waals surface area contributed by atoms with Gasteiger partial charge < -0.3 is 19.5 Å². The minimum absolute atomic E-state index is 0.250. The van der Waals surface area contributed by atoms with Crippen molar-refractivity contribution in [2.75, 3.05) is 19.2 Å². The van der Waals surface area contributed by atoms with Crippen molar-refractivity contribution in [3.8, 4) is 23.3 Å². The van der Waals surface area contributed by atoms with Crippen molar-refractivity contribution >= 4 is 16.6 Å². The predicted molar refractivity (Wildman–Crippen MR) is 92.9 cm³/mol. The predicted octanol–water partition coefficient (Wildman–Crippen LogP) is 3.46. The summed E-state index contributed by atoms with van der Waals surface area (Å²) in [5.74, 6) is 2.21. The minimum Gasteiger partial charge on any atom is -0.497 e. The Balaban J connectivity index is 1.69. The number of nitriles is 1. The second-order valence-corrected chi connectivity index (χ2v) is 5.58. The van der Waals surface area contributed by atoms with Crippen LogP contribution in [0.3, 0.4) is 0 Å². The molecule has 1 aliphatic heterocycles. The molecular formula is C19H15N3O3. The summed E-state index contributed by atoms with van der Waals surface area (Å²) in [7, 11) is 1.61. The van der Waals surface area contributed by atoms with E-state index in [9.17, 15) is 5.26 Å². The number of ether oxygens (including phenoxy) is 3. The molecule has 3 aromatic rings. The molecule has 0 saturated heterocycles. The van der Waals surface area contributed by atoms with Gasteiger partial charge in [0, 0.05) is 18.1 Å². The fourth-order valence-corrected chi connectivity index (χ4v) is 2.82. The van der Waals surface area contributed by atoms with Crippen molar-refractivity contribution in [2.24, 2.45) is 0 Å². The van der Waals surface area contributed by atoms with Crippen LogP contribution >= 0.6 is 0 Å². The van der Waals surface area contributed by atoms with Crippen LogP contribution in [0.1, 0.15) is 11.1 Å². The zero-order valence-corrected chi connectivity index (χ0v) is 13.6. The second-order valence-electron chi connectivity index (χ2n) is 5.58. The monoisotopic (exact) mass is 333 g/mol. The molecule has 0 aliphatic carbocycles. The maximum atomic E-state index is 9.43. The number of rotatable bonds is 4. The van der Waals surface area contributed by atoms with Crippen molar-refractivity contribution in [1.29, 1.82) is 5.26 Å². The van der Waals surface area contributed by atoms with Gasteiger partial charge >= 0.3 is 0 Å². The Hall–Kier alpha value is -3.46. The maximum Gasteiger partial charge on any atom is 0.231 e. The van der Waals surface area contributed by atoms with E-state index < -0.39 is 0 Å². The lowest BCUT2D eigenvalue weighted by atomic mass is 10.1. The van der Waals surface area contributed by atoms with Gasteiger partial charge in [-0.05, 0) is 35.9 Å². The molecule has 6 heteroatoms. The Kier molecular flexibility index (Phi) is 3.75. The molecule has 0 bridgehead atoms. The van der Waals surface area contributed by atoms with Gasteiger partial charge in [-0.3, -0.25) is 4.98 Å². The molecule has 1 aliphatic rings. The molecule has 0 fully saturated rings. The Labute approximate surface area is 144 Å². The van der Waals surface area contributed by atoms with Crippen LogP contribution in [-0.4, -0.2) is 18.9 Å². The van der Waals surface area contributed by atoms with Crippen molar-refractivity contribution in [1.82, 2.24) is 4.98 Å². The molecule has 6 nitrogen and oxygen atoms in total. The quantitative estimate of drug-likeness (QED) is 0.788. The number of anilines is 1. The molecule has 2 heterocycles. The first-order valence-corrected chi connectivity index (χ1v) is 7.78. The van der Waals surface area contributed by atoms with E-state index >= 15 is 0 Å². The van der Waals surface area contributed by atoms with E-state index in [1.165, 1.54) is 0 Å². The number of hydrogen-bond acceptors (Lipinski definition) is 6. The van der Waals surface area contributed by atoms with Crippen LogP contribution in [-0.2, 0) is 6.54 Å². The van der Waals surface area contributed by atoms with Crippen molar-refractivity contribution in [3.63, 3.8) is 0 Å². The van der Waals surface area contributed by atoms with E-state index in [2.05, 4.69) is 16.4 Å². The van der Waals surface area contributed by atoms with Gasteiger partial charge in [0.2, 0.25) is 6.79 Å². The summed E-state index contributed by atoms with van der Waals surface area (Å²) in [5.41, 5.74) is 3.06. The molecule has 0 saturated carbocycles. The molecule has 0 radical (unpaired) electrons. The van der Waals surface area contributed by atoms with Crippen LogP contribution in [0.2, 0.25) is 0 Å². The lowest BCUT2D eigenvalue weighted by Crippen LogP contribution is -2.03. The van der Waals surface area contributed by atoms with E-state index in [1.54, 1.807) is 13.3 Å². The SMILES string of the molecule is COc1ccc2ncc(C#N)c(NCc3ccc4c(c3)OCO4)c2c1. The standard InChI is InChI=1S/C19H15N3O3/c1-23-14-3-4-16-15(7-14)19(13(8-20)10-21-16)22-9-12-2-5-17-18(6-12)25-11-24-17/h2-7,10H,9,11H2,1H3,(H,21,22). The van der Waals surface area contributed by atoms with Gasteiger partial charge in [0.15, 0.2) is 11.5 Å². The van der Waals surface area contributed by atoms with Gasteiger partial charge in [0.25, 0.3) is 0 Å². The average Bonchev–Trinajstić information content (AvgIpc) is 3.13. The van der Waals surface area contributed by atoms with Gasteiger partial charge in [-0.1, -0.05) is 6.07 Å². The zero-order chi connectivity index (χ0) is 17.2. The fourth-order valence-electron chi connectivity index (χ4n) is 2.82. The highest BCUT2D eigenvalue weighted by molar-refractivity contribution is 5.94. The number of fused-ring (bicyclic) bond motifs is 2. The van der Waals surface area contributed by atoms with Gasteiger partial charge in [-0.25, -0.2) is 0 Å². The molecule has 2 aromatic carbocycles. The molecule has 1 N–H and O–H groups in total. The first kappa shape index (κ1) is 15.1. The van der Waals surface area contributed by atoms with Crippen LogP contribution in [0.5, 0.6) is 17.2 Å². The molecule has 0 amide bonds. The first-order chi connectivity index (χ1) is 12.3. The Morgan fingerprint density at radius 1 is 1.20 bits per heavy atom. The lowest BCUT2D eigenvalue weighted by molar-refractivity contribution is 0.174. The van der Waals surface area contributed by atoms with Crippen LogP contribution in [0.15, 0.2) is 42.6 Å². The van der Waals surface area contributed by atoms with Gasteiger partial charge in [-0.2, -0.15) is 5.26 Å². The van der Waals surface area contributed by atoms with E-state index in [-0.39, 0.29) is 6.79 Å². The van der Waals surface area contributed by atoms with Crippen LogP contribution < -0.4 is 19.5 Å². The zero-order valence-electron chi connectivity index (χ0n) is 13.6. The van der Waals surface area contributed by atoms with Crippen molar-refractivity contribution < 1.29 is 14.2 Å². The van der Waals surface area contributed by atoms with Crippen molar-refractivity contribution in [3.05, 3.63) is 53.7 Å². The smallest absolute Gasteiger partial charge is 0.231 e. The highest BCUT2D eigenvalue weighted by Gasteiger charge is 2.14. The van der Waals surface area contributed by atoms with E-state index in [0.29, 0.717) is 12.1 Å². The minimum atomic E-state index is 0.250. The van der Waals surface area contributed by atoms with Crippen LogP contribution in [0.25, 0.3) is 10.9 Å². The number of aromatic nitrogens is 1. The summed E-state index contributed by atoms with van der Waals surface area (Å²) in [6.45, 7) is 0.793. The molecule has 0 unspecified atom stereocenters. The molecule has 1 aromatic heterocycles. The third kappa shape index (κ3) is 2.76. The van der Waals surface area contributed by atoms with Gasteiger partial charge in [0.05, 0.1) is 23.9 Å². The maximum absolute atomic E-state index is 9.43. The number of nitrogens with one attached hydrogen (secondary N) is 1. The summed E-state index contributed by atoms with van der Waals surface area (Å²) in [6, 6.07) is 13.6. The third-order valence-corrected chi connectivity index (χ3v) is 4.10. The summed E-state index contributed by atoms with van der Waals surface area (Å²) in [5, 5.41) is 13.6. The Morgan fingerprint density at radius 2 is 2.08 bits per heavy atom. The molecule has 0 atom stereocenters. The molecular weight excluding hydrogens is 318 g/mol. The third-order valence-electron chi connectivity index (χ3n) is 4.10. The molecule has 25 heavy (non-hydrogen) atoms. The lowest BCUT2D eigenvalue weighted by Gasteiger charge is -2.12. The Bertz CT molecular complexity index is 995.